The van der Waals surface area contributed by atoms with E-state index in [-0.39, 0.29) is 18.1 Å². The Hall–Kier alpha value is -2.49. The molecule has 0 fully saturated rings. The summed E-state index contributed by atoms with van der Waals surface area (Å²) in [7, 11) is 0. The van der Waals surface area contributed by atoms with Crippen LogP contribution >= 0.6 is 0 Å². The van der Waals surface area contributed by atoms with Crippen LogP contribution in [0.4, 0.5) is 5.69 Å². The van der Waals surface area contributed by atoms with Crippen LogP contribution in [0.5, 0.6) is 5.75 Å². The minimum atomic E-state index is -0.208. The Balaban J connectivity index is 1.88. The maximum Gasteiger partial charge on any atom is 0.242 e. The fourth-order valence-electron chi connectivity index (χ4n) is 1.54. The lowest BCUT2D eigenvalue weighted by atomic mass is 10.1. The van der Waals surface area contributed by atoms with Crippen LogP contribution in [0.2, 0.25) is 0 Å². The van der Waals surface area contributed by atoms with Gasteiger partial charge in [-0.15, -0.1) is 0 Å². The van der Waals surface area contributed by atoms with Gasteiger partial charge >= 0.3 is 0 Å². The van der Waals surface area contributed by atoms with Crippen molar-refractivity contribution in [1.29, 1.82) is 0 Å². The molecule has 0 saturated heterocycles. The van der Waals surface area contributed by atoms with Crippen LogP contribution in [0, 0.1) is 0 Å². The van der Waals surface area contributed by atoms with Crippen LogP contribution in [0.15, 0.2) is 54.6 Å². The molecule has 4 nitrogen and oxygen atoms in total. The fraction of sp³-hybridized carbons (Fsp3) is 0.0714. The largest absolute Gasteiger partial charge is 0.508 e. The molecule has 0 atom stereocenters. The number of rotatable bonds is 4. The predicted molar refractivity (Wildman–Crippen MR) is 70.0 cm³/mol. The Morgan fingerprint density at radius 3 is 2.39 bits per heavy atom. The highest BCUT2D eigenvalue weighted by atomic mass is 16.3. The normalized spacial score (nSPS) is 9.78. The van der Waals surface area contributed by atoms with Crippen molar-refractivity contribution in [3.05, 3.63) is 60.2 Å². The number of carbonyl (C=O) groups excluding carboxylic acids is 1. The minimum absolute atomic E-state index is 0.131. The van der Waals surface area contributed by atoms with E-state index < -0.39 is 0 Å². The first-order chi connectivity index (χ1) is 8.75. The van der Waals surface area contributed by atoms with Crippen LogP contribution in [0.1, 0.15) is 5.56 Å². The second kappa shape index (κ2) is 5.72. The van der Waals surface area contributed by atoms with Crippen LogP contribution in [0.3, 0.4) is 0 Å². The molecule has 0 spiro atoms. The number of hydrogen-bond acceptors (Lipinski definition) is 3. The predicted octanol–water partition coefficient (Wildman–Crippen LogP) is 2.08. The van der Waals surface area contributed by atoms with Gasteiger partial charge in [-0.25, -0.2) is 0 Å². The number of benzene rings is 2. The second-order valence-corrected chi connectivity index (χ2v) is 3.84. The topological polar surface area (TPSA) is 61.4 Å². The summed E-state index contributed by atoms with van der Waals surface area (Å²) in [6, 6.07) is 16.1. The molecule has 2 rings (SSSR count). The van der Waals surface area contributed by atoms with Crippen molar-refractivity contribution in [2.75, 3.05) is 5.43 Å². The maximum absolute atomic E-state index is 11.7. The zero-order chi connectivity index (χ0) is 12.8. The molecule has 0 heterocycles. The zero-order valence-electron chi connectivity index (χ0n) is 9.76. The highest BCUT2D eigenvalue weighted by Gasteiger charge is 2.06. The van der Waals surface area contributed by atoms with Crippen LogP contribution < -0.4 is 10.9 Å². The van der Waals surface area contributed by atoms with Crippen molar-refractivity contribution in [3.8, 4) is 5.75 Å². The molecule has 0 radical (unpaired) electrons. The standard InChI is InChI=1S/C14H14N2O2/c17-13-9-5-4-6-11(13)10-14(18)16-15-12-7-2-1-3-8-12/h1-9,15,17H,10H2,(H,16,18). The van der Waals surface area contributed by atoms with E-state index in [0.717, 1.165) is 5.69 Å². The lowest BCUT2D eigenvalue weighted by molar-refractivity contribution is -0.119. The third-order valence-electron chi connectivity index (χ3n) is 2.46. The molecule has 3 N–H and O–H groups in total. The van der Waals surface area contributed by atoms with E-state index in [1.807, 2.05) is 30.3 Å². The van der Waals surface area contributed by atoms with Gasteiger partial charge in [-0.2, -0.15) is 0 Å². The molecule has 1 amide bonds. The summed E-state index contributed by atoms with van der Waals surface area (Å²) < 4.78 is 0. The van der Waals surface area contributed by atoms with E-state index in [2.05, 4.69) is 10.9 Å². The van der Waals surface area contributed by atoms with E-state index in [1.165, 1.54) is 0 Å². The van der Waals surface area contributed by atoms with Gasteiger partial charge in [0.25, 0.3) is 0 Å². The van der Waals surface area contributed by atoms with Crippen molar-refractivity contribution in [2.24, 2.45) is 0 Å². The third kappa shape index (κ3) is 3.25. The zero-order valence-corrected chi connectivity index (χ0v) is 9.76. The van der Waals surface area contributed by atoms with Crippen molar-refractivity contribution in [3.63, 3.8) is 0 Å². The number of aromatic hydroxyl groups is 1. The number of para-hydroxylation sites is 2. The van der Waals surface area contributed by atoms with Gasteiger partial charge in [-0.3, -0.25) is 15.6 Å². The summed E-state index contributed by atoms with van der Waals surface area (Å²) in [6.45, 7) is 0. The molecule has 0 saturated carbocycles. The van der Waals surface area contributed by atoms with Crippen molar-refractivity contribution in [2.45, 2.75) is 6.42 Å². The van der Waals surface area contributed by atoms with Crippen molar-refractivity contribution >= 4 is 11.6 Å². The first-order valence-corrected chi connectivity index (χ1v) is 5.62. The highest BCUT2D eigenvalue weighted by Crippen LogP contribution is 2.15. The summed E-state index contributed by atoms with van der Waals surface area (Å²) in [5, 5.41) is 9.54. The summed E-state index contributed by atoms with van der Waals surface area (Å²) in [5.41, 5.74) is 6.79. The number of phenols is 1. The number of hydrogen-bond donors (Lipinski definition) is 3. The molecule has 0 bridgehead atoms. The summed E-state index contributed by atoms with van der Waals surface area (Å²) in [6.07, 6.45) is 0.131. The number of carbonyl (C=O) groups is 1. The maximum atomic E-state index is 11.7. The van der Waals surface area contributed by atoms with Gasteiger partial charge in [0.05, 0.1) is 12.1 Å². The monoisotopic (exact) mass is 242 g/mol. The molecule has 0 unspecified atom stereocenters. The second-order valence-electron chi connectivity index (χ2n) is 3.84. The Labute approximate surface area is 105 Å². The molecule has 0 aliphatic rings. The number of amides is 1. The van der Waals surface area contributed by atoms with Gasteiger partial charge in [0.15, 0.2) is 0 Å². The molecule has 0 aliphatic carbocycles. The number of phenolic OH excluding ortho intramolecular Hbond substituents is 1. The van der Waals surface area contributed by atoms with Gasteiger partial charge in [0.1, 0.15) is 5.75 Å². The lowest BCUT2D eigenvalue weighted by Gasteiger charge is -2.08. The summed E-state index contributed by atoms with van der Waals surface area (Å²) >= 11 is 0. The van der Waals surface area contributed by atoms with E-state index in [4.69, 9.17) is 0 Å². The molecule has 4 heteroatoms. The average Bonchev–Trinajstić information content (AvgIpc) is 2.40. The number of anilines is 1. The number of hydrazine groups is 1. The van der Waals surface area contributed by atoms with Gasteiger partial charge < -0.3 is 5.11 Å². The van der Waals surface area contributed by atoms with Crippen LogP contribution in [-0.2, 0) is 11.2 Å². The molecule has 18 heavy (non-hydrogen) atoms. The van der Waals surface area contributed by atoms with Gasteiger partial charge in [0, 0.05) is 5.56 Å². The molecule has 2 aromatic carbocycles. The van der Waals surface area contributed by atoms with E-state index in [1.54, 1.807) is 24.3 Å². The highest BCUT2D eigenvalue weighted by molar-refractivity contribution is 5.80. The van der Waals surface area contributed by atoms with Gasteiger partial charge in [-0.1, -0.05) is 36.4 Å². The first-order valence-electron chi connectivity index (χ1n) is 5.62. The molecule has 92 valence electrons. The fourth-order valence-corrected chi connectivity index (χ4v) is 1.54. The molecular formula is C14H14N2O2. The lowest BCUT2D eigenvalue weighted by Crippen LogP contribution is -2.30. The Morgan fingerprint density at radius 2 is 1.67 bits per heavy atom. The molecule has 0 aromatic heterocycles. The third-order valence-corrected chi connectivity index (χ3v) is 2.46. The summed E-state index contributed by atoms with van der Waals surface area (Å²) in [4.78, 5) is 11.7. The van der Waals surface area contributed by atoms with Crippen LogP contribution in [0.25, 0.3) is 0 Å². The van der Waals surface area contributed by atoms with E-state index in [0.29, 0.717) is 5.56 Å². The number of nitrogens with one attached hydrogen (secondary N) is 2. The Bertz CT molecular complexity index is 526. The van der Waals surface area contributed by atoms with E-state index >= 15 is 0 Å². The molecule has 2 aromatic rings. The smallest absolute Gasteiger partial charge is 0.242 e. The van der Waals surface area contributed by atoms with Crippen molar-refractivity contribution < 1.29 is 9.90 Å². The van der Waals surface area contributed by atoms with E-state index in [9.17, 15) is 9.90 Å². The van der Waals surface area contributed by atoms with Crippen LogP contribution in [-0.4, -0.2) is 11.0 Å². The van der Waals surface area contributed by atoms with Gasteiger partial charge in [-0.05, 0) is 18.2 Å². The molecular weight excluding hydrogens is 228 g/mol. The minimum Gasteiger partial charge on any atom is -0.508 e. The Morgan fingerprint density at radius 1 is 1.00 bits per heavy atom. The van der Waals surface area contributed by atoms with Crippen molar-refractivity contribution in [1.82, 2.24) is 5.43 Å². The average molecular weight is 242 g/mol. The quantitative estimate of drug-likeness (QED) is 0.719. The molecule has 0 aliphatic heterocycles. The van der Waals surface area contributed by atoms with Gasteiger partial charge in [0.2, 0.25) is 5.91 Å². The SMILES string of the molecule is O=C(Cc1ccccc1O)NNc1ccccc1. The summed E-state index contributed by atoms with van der Waals surface area (Å²) in [5.74, 6) is -0.0762. The first kappa shape index (κ1) is 12.0. The Kier molecular flexibility index (Phi) is 3.81.